The lowest BCUT2D eigenvalue weighted by atomic mass is 10.1. The normalized spacial score (nSPS) is 11.3. The van der Waals surface area contributed by atoms with E-state index in [2.05, 4.69) is 25.4 Å². The largest absolute Gasteiger partial charge is 0.497 e. The smallest absolute Gasteiger partial charge is 0.435 e. The van der Waals surface area contributed by atoms with Crippen LogP contribution in [0.1, 0.15) is 28.7 Å². The summed E-state index contributed by atoms with van der Waals surface area (Å²) in [6, 6.07) is 7.27. The zero-order valence-electron chi connectivity index (χ0n) is 19.8. The highest BCUT2D eigenvalue weighted by Gasteiger charge is 2.35. The minimum Gasteiger partial charge on any atom is -0.497 e. The molecule has 0 amide bonds. The summed E-state index contributed by atoms with van der Waals surface area (Å²) in [7, 11) is 1.48. The summed E-state index contributed by atoms with van der Waals surface area (Å²) in [5.41, 5.74) is 0.404. The van der Waals surface area contributed by atoms with Gasteiger partial charge in [-0.05, 0) is 38.1 Å². The zero-order chi connectivity index (χ0) is 26.7. The number of aryl methyl sites for hydroxylation is 1. The van der Waals surface area contributed by atoms with E-state index in [1.807, 2.05) is 0 Å². The van der Waals surface area contributed by atoms with Gasteiger partial charge in [-0.2, -0.15) is 23.3 Å². The van der Waals surface area contributed by atoms with Crippen LogP contribution in [0.15, 0.2) is 48.9 Å². The fourth-order valence-corrected chi connectivity index (χ4v) is 3.65. The van der Waals surface area contributed by atoms with Crippen LogP contribution in [0.4, 0.5) is 24.8 Å². The van der Waals surface area contributed by atoms with Crippen LogP contribution in [0.25, 0.3) is 16.9 Å². The highest BCUT2D eigenvalue weighted by atomic mass is 35.5. The first-order valence-electron chi connectivity index (χ1n) is 10.8. The number of aromatic nitrogens is 5. The highest BCUT2D eigenvalue weighted by molar-refractivity contribution is 6.31. The molecule has 0 aliphatic carbocycles. The minimum atomic E-state index is -4.66. The maximum absolute atomic E-state index is 13.4. The van der Waals surface area contributed by atoms with E-state index in [0.717, 1.165) is 10.7 Å². The number of rotatable bonds is 7. The summed E-state index contributed by atoms with van der Waals surface area (Å²) in [6.45, 7) is 3.30. The van der Waals surface area contributed by atoms with Crippen LogP contribution in [0, 0.1) is 6.92 Å². The van der Waals surface area contributed by atoms with E-state index in [-0.39, 0.29) is 35.2 Å². The number of nitrogens with one attached hydrogen (secondary N) is 1. The molecule has 0 radical (unpaired) electrons. The monoisotopic (exact) mass is 532 g/mol. The third-order valence-electron chi connectivity index (χ3n) is 5.07. The minimum absolute atomic E-state index is 0.0299. The first-order valence-corrected chi connectivity index (χ1v) is 11.2. The Labute approximate surface area is 214 Å². The number of anilines is 2. The van der Waals surface area contributed by atoms with Crippen LogP contribution >= 0.6 is 11.6 Å². The first-order chi connectivity index (χ1) is 17.6. The maximum atomic E-state index is 13.4. The van der Waals surface area contributed by atoms with Gasteiger partial charge in [-0.25, -0.2) is 14.5 Å². The lowest BCUT2D eigenvalue weighted by Gasteiger charge is -2.14. The van der Waals surface area contributed by atoms with Gasteiger partial charge in [0.2, 0.25) is 5.95 Å². The molecule has 3 aromatic heterocycles. The Morgan fingerprint density at radius 3 is 2.59 bits per heavy atom. The summed E-state index contributed by atoms with van der Waals surface area (Å²) < 4.78 is 51.5. The van der Waals surface area contributed by atoms with Gasteiger partial charge in [0.05, 0.1) is 19.3 Å². The Morgan fingerprint density at radius 2 is 1.92 bits per heavy atom. The van der Waals surface area contributed by atoms with E-state index in [9.17, 15) is 18.0 Å². The lowest BCUT2D eigenvalue weighted by Crippen LogP contribution is -2.11. The fourth-order valence-electron chi connectivity index (χ4n) is 3.42. The third kappa shape index (κ3) is 5.80. The quantitative estimate of drug-likeness (QED) is 0.305. The summed E-state index contributed by atoms with van der Waals surface area (Å²) in [4.78, 5) is 25.0. The number of hydrogen-bond donors (Lipinski definition) is 1. The van der Waals surface area contributed by atoms with E-state index in [4.69, 9.17) is 21.1 Å². The fraction of sp³-hybridized carbons (Fsp3) is 0.208. The molecule has 1 N–H and O–H groups in total. The van der Waals surface area contributed by atoms with E-state index in [1.54, 1.807) is 25.1 Å². The second-order valence-electron chi connectivity index (χ2n) is 7.70. The molecular weight excluding hydrogens is 513 g/mol. The summed E-state index contributed by atoms with van der Waals surface area (Å²) in [5.74, 6) is -0.0306. The molecular formula is C24H20ClF3N6O3. The number of benzene rings is 1. The molecule has 1 aromatic carbocycles. The van der Waals surface area contributed by atoms with Gasteiger partial charge in [-0.1, -0.05) is 11.6 Å². The standard InChI is InChI=1S/C24H20ClF3N6O3/c1-4-37-22(35)15-6-14(10-29-11-15)19-12-30-23(31-17-7-16(25)8-18(9-17)36-3)32-21(19)34-13(2)5-20(33-34)24(26,27)28/h5-12H,4H2,1-3H3,(H,30,31,32). The van der Waals surface area contributed by atoms with Gasteiger partial charge in [0, 0.05) is 52.2 Å². The van der Waals surface area contributed by atoms with Crippen LogP contribution < -0.4 is 10.1 Å². The molecule has 0 unspecified atom stereocenters. The van der Waals surface area contributed by atoms with E-state index >= 15 is 0 Å². The molecule has 9 nitrogen and oxygen atoms in total. The Hall–Kier alpha value is -4.19. The van der Waals surface area contributed by atoms with Gasteiger partial charge in [-0.3, -0.25) is 4.98 Å². The zero-order valence-corrected chi connectivity index (χ0v) is 20.6. The molecule has 0 saturated carbocycles. The number of halogens is 4. The number of pyridine rings is 1. The Morgan fingerprint density at radius 1 is 1.14 bits per heavy atom. The molecule has 4 rings (SSSR count). The highest BCUT2D eigenvalue weighted by Crippen LogP contribution is 2.32. The number of alkyl halides is 3. The number of hydrogen-bond acceptors (Lipinski definition) is 8. The van der Waals surface area contributed by atoms with Crippen molar-refractivity contribution in [3.8, 4) is 22.7 Å². The Balaban J connectivity index is 1.85. The number of esters is 1. The maximum Gasteiger partial charge on any atom is 0.435 e. The van der Waals surface area contributed by atoms with Gasteiger partial charge in [0.25, 0.3) is 0 Å². The first kappa shape index (κ1) is 25.9. The van der Waals surface area contributed by atoms with Crippen molar-refractivity contribution in [3.63, 3.8) is 0 Å². The molecule has 0 aliphatic rings. The van der Waals surface area contributed by atoms with E-state index < -0.39 is 17.8 Å². The predicted molar refractivity (Wildman–Crippen MR) is 129 cm³/mol. The average Bonchev–Trinajstić information content (AvgIpc) is 3.26. The molecule has 13 heteroatoms. The second-order valence-corrected chi connectivity index (χ2v) is 8.14. The van der Waals surface area contributed by atoms with Crippen molar-refractivity contribution >= 4 is 29.2 Å². The molecule has 192 valence electrons. The number of carbonyl (C=O) groups excluding carboxylic acids is 1. The number of carbonyl (C=O) groups is 1. The molecule has 3 heterocycles. The van der Waals surface area contributed by atoms with Crippen LogP contribution in [-0.2, 0) is 10.9 Å². The molecule has 0 spiro atoms. The number of methoxy groups -OCH3 is 1. The number of nitrogens with zero attached hydrogens (tertiary/aromatic N) is 5. The van der Waals surface area contributed by atoms with Crippen molar-refractivity contribution in [2.45, 2.75) is 20.0 Å². The second kappa shape index (κ2) is 10.4. The van der Waals surface area contributed by atoms with Crippen molar-refractivity contribution in [2.24, 2.45) is 0 Å². The van der Waals surface area contributed by atoms with Gasteiger partial charge >= 0.3 is 12.1 Å². The molecule has 0 aliphatic heterocycles. The number of ether oxygens (including phenoxy) is 2. The van der Waals surface area contributed by atoms with Crippen LogP contribution in [-0.4, -0.2) is 44.4 Å². The van der Waals surface area contributed by atoms with Crippen LogP contribution in [0.5, 0.6) is 5.75 Å². The molecule has 4 aromatic rings. The molecule has 0 bridgehead atoms. The van der Waals surface area contributed by atoms with Crippen molar-refractivity contribution < 1.29 is 27.4 Å². The summed E-state index contributed by atoms with van der Waals surface area (Å²) in [5, 5.41) is 7.09. The third-order valence-corrected chi connectivity index (χ3v) is 5.29. The van der Waals surface area contributed by atoms with Crippen molar-refractivity contribution in [2.75, 3.05) is 19.0 Å². The van der Waals surface area contributed by atoms with Gasteiger partial charge in [-0.15, -0.1) is 0 Å². The van der Waals surface area contributed by atoms with Crippen molar-refractivity contribution in [1.29, 1.82) is 0 Å². The van der Waals surface area contributed by atoms with Gasteiger partial charge < -0.3 is 14.8 Å². The summed E-state index contributed by atoms with van der Waals surface area (Å²) in [6.07, 6.45) is -0.505. The van der Waals surface area contributed by atoms with Crippen LogP contribution in [0.2, 0.25) is 5.02 Å². The molecule has 0 fully saturated rings. The molecule has 0 saturated heterocycles. The molecule has 37 heavy (non-hydrogen) atoms. The Bertz CT molecular complexity index is 1460. The SMILES string of the molecule is CCOC(=O)c1cncc(-c2cnc(Nc3cc(Cl)cc(OC)c3)nc2-n2nc(C(F)(F)F)cc2C)c1. The Kier molecular flexibility index (Phi) is 7.30. The molecule has 0 atom stereocenters. The lowest BCUT2D eigenvalue weighted by molar-refractivity contribution is -0.141. The topological polar surface area (TPSA) is 104 Å². The van der Waals surface area contributed by atoms with Gasteiger partial charge in [0.15, 0.2) is 11.5 Å². The van der Waals surface area contributed by atoms with Crippen molar-refractivity contribution in [3.05, 3.63) is 70.9 Å². The predicted octanol–water partition coefficient (Wildman–Crippen LogP) is 5.63. The summed E-state index contributed by atoms with van der Waals surface area (Å²) >= 11 is 6.13. The van der Waals surface area contributed by atoms with Gasteiger partial charge in [0.1, 0.15) is 5.75 Å². The average molecular weight is 533 g/mol. The van der Waals surface area contributed by atoms with E-state index in [1.165, 1.54) is 38.7 Å². The van der Waals surface area contributed by atoms with Crippen LogP contribution in [0.3, 0.4) is 0 Å². The van der Waals surface area contributed by atoms with Crippen molar-refractivity contribution in [1.82, 2.24) is 24.7 Å². The van der Waals surface area contributed by atoms with E-state index in [0.29, 0.717) is 22.0 Å².